The van der Waals surface area contributed by atoms with Crippen LogP contribution < -0.4 is 0 Å². The summed E-state index contributed by atoms with van der Waals surface area (Å²) in [6.45, 7) is 7.75. The Kier molecular flexibility index (Phi) is 4.54. The van der Waals surface area contributed by atoms with E-state index in [0.717, 1.165) is 12.0 Å². The first kappa shape index (κ1) is 11.7. The predicted molar refractivity (Wildman–Crippen MR) is 53.3 cm³/mol. The van der Waals surface area contributed by atoms with Crippen molar-refractivity contribution in [1.82, 2.24) is 0 Å². The summed E-state index contributed by atoms with van der Waals surface area (Å²) in [5, 5.41) is 0. The van der Waals surface area contributed by atoms with E-state index >= 15 is 0 Å². The third-order valence-electron chi connectivity index (χ3n) is 1.77. The summed E-state index contributed by atoms with van der Waals surface area (Å²) in [7, 11) is 0. The first-order chi connectivity index (χ1) is 5.38. The van der Waals surface area contributed by atoms with E-state index in [-0.39, 0.29) is 5.41 Å². The van der Waals surface area contributed by atoms with Crippen molar-refractivity contribution in [3.63, 3.8) is 0 Å². The quantitative estimate of drug-likeness (QED) is 0.663. The third kappa shape index (κ3) is 4.55. The lowest BCUT2D eigenvalue weighted by molar-refractivity contribution is -0.126. The molecule has 0 saturated heterocycles. The van der Waals surface area contributed by atoms with Gasteiger partial charge in [-0.05, 0) is 13.3 Å². The molecule has 0 aliphatic heterocycles. The van der Waals surface area contributed by atoms with Gasteiger partial charge in [-0.2, -0.15) is 0 Å². The van der Waals surface area contributed by atoms with Crippen LogP contribution in [0.15, 0.2) is 11.1 Å². The molecule has 0 N–H and O–H groups in total. The van der Waals surface area contributed by atoms with Crippen LogP contribution in [0.2, 0.25) is 0 Å². The lowest BCUT2D eigenvalue weighted by Gasteiger charge is -2.16. The topological polar surface area (TPSA) is 17.1 Å². The fraction of sp³-hybridized carbons (Fsp3) is 0.700. The van der Waals surface area contributed by atoms with E-state index in [4.69, 9.17) is 11.6 Å². The minimum absolute atomic E-state index is 0.216. The molecule has 1 nitrogen and oxygen atoms in total. The summed E-state index contributed by atoms with van der Waals surface area (Å²) in [5.41, 5.74) is 2.39. The van der Waals surface area contributed by atoms with Crippen molar-refractivity contribution in [1.29, 1.82) is 0 Å². The highest BCUT2D eigenvalue weighted by Gasteiger charge is 2.20. The van der Waals surface area contributed by atoms with Crippen molar-refractivity contribution in [2.45, 2.75) is 40.5 Å². The van der Waals surface area contributed by atoms with Crippen molar-refractivity contribution < 1.29 is 4.79 Å². The van der Waals surface area contributed by atoms with Gasteiger partial charge >= 0.3 is 0 Å². The number of carbonyl (C=O) groups excluding carboxylic acids is 1. The number of Topliss-reactive ketones (excluding diaryl/α,β-unsaturated/α-hetero) is 1. The van der Waals surface area contributed by atoms with Crippen LogP contribution in [0.5, 0.6) is 0 Å². The average molecular weight is 189 g/mol. The van der Waals surface area contributed by atoms with Gasteiger partial charge in [0.1, 0.15) is 5.78 Å². The molecule has 0 aromatic rings. The molecular formula is C10H17ClO. The van der Waals surface area contributed by atoms with Crippen LogP contribution in [-0.2, 0) is 4.79 Å². The van der Waals surface area contributed by atoms with Gasteiger partial charge in [-0.1, -0.05) is 37.9 Å². The van der Waals surface area contributed by atoms with Gasteiger partial charge in [-0.25, -0.2) is 0 Å². The monoisotopic (exact) mass is 188 g/mol. The van der Waals surface area contributed by atoms with Crippen molar-refractivity contribution >= 4 is 17.4 Å². The molecule has 2 heteroatoms. The second-order valence-electron chi connectivity index (χ2n) is 4.13. The molecule has 0 spiro atoms. The lowest BCUT2D eigenvalue weighted by atomic mass is 9.87. The molecule has 12 heavy (non-hydrogen) atoms. The van der Waals surface area contributed by atoms with Crippen molar-refractivity contribution in [3.05, 3.63) is 11.1 Å². The van der Waals surface area contributed by atoms with E-state index in [1.807, 2.05) is 27.7 Å². The fourth-order valence-electron chi connectivity index (χ4n) is 0.740. The molecule has 0 rings (SSSR count). The molecule has 0 fully saturated rings. The second-order valence-corrected chi connectivity index (χ2v) is 4.35. The molecule has 0 amide bonds. The minimum atomic E-state index is -0.216. The first-order valence-electron chi connectivity index (χ1n) is 4.17. The van der Waals surface area contributed by atoms with Gasteiger partial charge in [0.2, 0.25) is 0 Å². The first-order valence-corrected chi connectivity index (χ1v) is 4.60. The fourth-order valence-corrected chi connectivity index (χ4v) is 0.849. The Bertz CT molecular complexity index is 187. The number of allylic oxidation sites excluding steroid dienone is 1. The van der Waals surface area contributed by atoms with Crippen molar-refractivity contribution in [3.8, 4) is 0 Å². The Morgan fingerprint density at radius 2 is 1.83 bits per heavy atom. The van der Waals surface area contributed by atoms with E-state index in [1.54, 1.807) is 0 Å². The summed E-state index contributed by atoms with van der Waals surface area (Å²) < 4.78 is 0. The van der Waals surface area contributed by atoms with Gasteiger partial charge in [0.15, 0.2) is 0 Å². The lowest BCUT2D eigenvalue weighted by Crippen LogP contribution is -2.19. The molecule has 0 aliphatic carbocycles. The number of carbonyl (C=O) groups is 1. The Morgan fingerprint density at radius 1 is 1.33 bits per heavy atom. The summed E-state index contributed by atoms with van der Waals surface area (Å²) >= 11 is 5.48. The third-order valence-corrected chi connectivity index (χ3v) is 2.14. The Morgan fingerprint density at radius 3 is 2.17 bits per heavy atom. The molecule has 0 heterocycles. The van der Waals surface area contributed by atoms with Crippen molar-refractivity contribution in [2.24, 2.45) is 5.41 Å². The maximum atomic E-state index is 11.4. The Balaban J connectivity index is 3.89. The number of ketones is 1. The second kappa shape index (κ2) is 4.66. The van der Waals surface area contributed by atoms with E-state index < -0.39 is 0 Å². The summed E-state index contributed by atoms with van der Waals surface area (Å²) in [4.78, 5) is 11.4. The number of rotatable bonds is 3. The van der Waals surface area contributed by atoms with E-state index in [2.05, 4.69) is 0 Å². The maximum absolute atomic E-state index is 11.4. The molecule has 0 bridgehead atoms. The standard InChI is InChI=1S/C10H17ClO/c1-8(7-11)5-6-9(12)10(2,3)4/h7H,5-6H2,1-4H3. The van der Waals surface area contributed by atoms with Crippen LogP contribution in [0.1, 0.15) is 40.5 Å². The maximum Gasteiger partial charge on any atom is 0.138 e. The minimum Gasteiger partial charge on any atom is -0.299 e. The van der Waals surface area contributed by atoms with Crippen LogP contribution in [0.4, 0.5) is 0 Å². The Labute approximate surface area is 79.8 Å². The number of hydrogen-bond donors (Lipinski definition) is 0. The van der Waals surface area contributed by atoms with Gasteiger partial charge in [0.05, 0.1) is 0 Å². The highest BCUT2D eigenvalue weighted by Crippen LogP contribution is 2.19. The highest BCUT2D eigenvalue weighted by atomic mass is 35.5. The smallest absolute Gasteiger partial charge is 0.138 e. The van der Waals surface area contributed by atoms with E-state index in [9.17, 15) is 4.79 Å². The molecule has 0 aliphatic rings. The van der Waals surface area contributed by atoms with Gasteiger partial charge in [0.25, 0.3) is 0 Å². The zero-order valence-electron chi connectivity index (χ0n) is 8.28. The molecule has 70 valence electrons. The molecular weight excluding hydrogens is 172 g/mol. The van der Waals surface area contributed by atoms with Gasteiger partial charge < -0.3 is 0 Å². The molecule has 0 radical (unpaired) electrons. The number of hydrogen-bond acceptors (Lipinski definition) is 1. The molecule has 0 aromatic carbocycles. The van der Waals surface area contributed by atoms with Gasteiger partial charge in [-0.15, -0.1) is 0 Å². The molecule has 0 atom stereocenters. The Hall–Kier alpha value is -0.300. The summed E-state index contributed by atoms with van der Waals surface area (Å²) in [5.74, 6) is 0.292. The number of halogens is 1. The summed E-state index contributed by atoms with van der Waals surface area (Å²) in [6, 6.07) is 0. The SMILES string of the molecule is CC(=CCl)CCC(=O)C(C)(C)C. The van der Waals surface area contributed by atoms with E-state index in [1.165, 1.54) is 5.54 Å². The molecule has 0 aromatic heterocycles. The van der Waals surface area contributed by atoms with Gasteiger partial charge in [0, 0.05) is 17.4 Å². The van der Waals surface area contributed by atoms with Crippen LogP contribution in [0, 0.1) is 5.41 Å². The average Bonchev–Trinajstić information content (AvgIpc) is 1.97. The summed E-state index contributed by atoms with van der Waals surface area (Å²) in [6.07, 6.45) is 1.37. The predicted octanol–water partition coefficient (Wildman–Crippen LogP) is 3.52. The zero-order valence-corrected chi connectivity index (χ0v) is 9.03. The van der Waals surface area contributed by atoms with Crippen LogP contribution in [-0.4, -0.2) is 5.78 Å². The van der Waals surface area contributed by atoms with Crippen LogP contribution in [0.3, 0.4) is 0 Å². The van der Waals surface area contributed by atoms with Crippen molar-refractivity contribution in [2.75, 3.05) is 0 Å². The van der Waals surface area contributed by atoms with E-state index in [0.29, 0.717) is 12.2 Å². The zero-order chi connectivity index (χ0) is 9.78. The van der Waals surface area contributed by atoms with Gasteiger partial charge in [-0.3, -0.25) is 4.79 Å². The largest absolute Gasteiger partial charge is 0.299 e. The highest BCUT2D eigenvalue weighted by molar-refractivity contribution is 6.25. The normalized spacial score (nSPS) is 13.2. The molecule has 0 saturated carbocycles. The molecule has 0 unspecified atom stereocenters. The van der Waals surface area contributed by atoms with Crippen LogP contribution in [0.25, 0.3) is 0 Å². The van der Waals surface area contributed by atoms with Crippen LogP contribution >= 0.6 is 11.6 Å².